The standard InChI is InChI=1S/C17H12N2S2/c1-2-6-12(7-3-1)10-20-17-16-15(18-11-19-17)13-8-4-5-9-14(13)21-16/h1-9,11H,10H2. The van der Waals surface area contributed by atoms with Crippen molar-refractivity contribution in [3.63, 3.8) is 0 Å². The number of fused-ring (bicyclic) bond motifs is 3. The molecule has 2 aromatic carbocycles. The first-order valence-electron chi connectivity index (χ1n) is 6.71. The summed E-state index contributed by atoms with van der Waals surface area (Å²) in [5.41, 5.74) is 2.39. The molecule has 0 saturated heterocycles. The van der Waals surface area contributed by atoms with Crippen molar-refractivity contribution in [2.75, 3.05) is 0 Å². The van der Waals surface area contributed by atoms with Crippen molar-refractivity contribution < 1.29 is 0 Å². The second kappa shape index (κ2) is 5.47. The summed E-state index contributed by atoms with van der Waals surface area (Å²) < 4.78 is 2.47. The number of hydrogen-bond acceptors (Lipinski definition) is 4. The van der Waals surface area contributed by atoms with Crippen LogP contribution in [0.3, 0.4) is 0 Å². The number of aromatic nitrogens is 2. The molecular formula is C17H12N2S2. The molecule has 4 heteroatoms. The second-order valence-electron chi connectivity index (χ2n) is 4.73. The Bertz CT molecular complexity index is 900. The second-order valence-corrected chi connectivity index (χ2v) is 6.75. The smallest absolute Gasteiger partial charge is 0.118 e. The van der Waals surface area contributed by atoms with Gasteiger partial charge in [0.25, 0.3) is 0 Å². The monoisotopic (exact) mass is 308 g/mol. The molecule has 0 fully saturated rings. The highest BCUT2D eigenvalue weighted by Crippen LogP contribution is 2.37. The quantitative estimate of drug-likeness (QED) is 0.387. The molecule has 0 atom stereocenters. The van der Waals surface area contributed by atoms with Crippen molar-refractivity contribution in [3.05, 3.63) is 66.5 Å². The molecule has 0 radical (unpaired) electrons. The molecule has 0 spiro atoms. The van der Waals surface area contributed by atoms with Gasteiger partial charge in [-0.25, -0.2) is 9.97 Å². The zero-order valence-electron chi connectivity index (χ0n) is 11.2. The van der Waals surface area contributed by atoms with Crippen LogP contribution in [0.25, 0.3) is 20.3 Å². The first kappa shape index (κ1) is 12.8. The molecule has 0 amide bonds. The van der Waals surface area contributed by atoms with Gasteiger partial charge in [-0.05, 0) is 11.6 Å². The van der Waals surface area contributed by atoms with Gasteiger partial charge in [-0.15, -0.1) is 23.1 Å². The fourth-order valence-corrected chi connectivity index (χ4v) is 4.52. The van der Waals surface area contributed by atoms with Gasteiger partial charge < -0.3 is 0 Å². The molecule has 0 aliphatic rings. The van der Waals surface area contributed by atoms with Gasteiger partial charge in [0.2, 0.25) is 0 Å². The van der Waals surface area contributed by atoms with Crippen molar-refractivity contribution in [2.45, 2.75) is 10.8 Å². The molecule has 21 heavy (non-hydrogen) atoms. The third-order valence-electron chi connectivity index (χ3n) is 3.34. The number of thioether (sulfide) groups is 1. The van der Waals surface area contributed by atoms with E-state index < -0.39 is 0 Å². The molecule has 0 unspecified atom stereocenters. The summed E-state index contributed by atoms with van der Waals surface area (Å²) >= 11 is 3.56. The highest BCUT2D eigenvalue weighted by Gasteiger charge is 2.11. The Morgan fingerprint density at radius 3 is 2.62 bits per heavy atom. The summed E-state index contributed by atoms with van der Waals surface area (Å²) in [6.45, 7) is 0. The zero-order valence-corrected chi connectivity index (χ0v) is 12.8. The average Bonchev–Trinajstić information content (AvgIpc) is 2.93. The summed E-state index contributed by atoms with van der Waals surface area (Å²) in [6.07, 6.45) is 1.68. The predicted octanol–water partition coefficient (Wildman–Crippen LogP) is 5.14. The minimum Gasteiger partial charge on any atom is -0.235 e. The summed E-state index contributed by atoms with van der Waals surface area (Å²) in [5.74, 6) is 0.932. The minimum absolute atomic E-state index is 0.932. The van der Waals surface area contributed by atoms with E-state index in [0.29, 0.717) is 0 Å². The van der Waals surface area contributed by atoms with Crippen LogP contribution in [0.15, 0.2) is 66.0 Å². The van der Waals surface area contributed by atoms with Gasteiger partial charge in [-0.1, -0.05) is 48.5 Å². The Morgan fingerprint density at radius 1 is 0.905 bits per heavy atom. The lowest BCUT2D eigenvalue weighted by molar-refractivity contribution is 1.11. The molecule has 0 bridgehead atoms. The summed E-state index contributed by atoms with van der Waals surface area (Å²) in [5, 5.41) is 2.30. The largest absolute Gasteiger partial charge is 0.235 e. The molecule has 102 valence electrons. The van der Waals surface area contributed by atoms with Crippen molar-refractivity contribution in [1.82, 2.24) is 9.97 Å². The Morgan fingerprint density at radius 2 is 1.71 bits per heavy atom. The molecule has 4 aromatic rings. The summed E-state index contributed by atoms with van der Waals surface area (Å²) in [4.78, 5) is 8.95. The van der Waals surface area contributed by atoms with Crippen molar-refractivity contribution in [1.29, 1.82) is 0 Å². The maximum absolute atomic E-state index is 4.48. The first-order valence-corrected chi connectivity index (χ1v) is 8.51. The Balaban J connectivity index is 1.75. The molecule has 2 nitrogen and oxygen atoms in total. The lowest BCUT2D eigenvalue weighted by atomic mass is 10.2. The van der Waals surface area contributed by atoms with E-state index in [4.69, 9.17) is 0 Å². The molecular weight excluding hydrogens is 296 g/mol. The van der Waals surface area contributed by atoms with Gasteiger partial charge in [-0.2, -0.15) is 0 Å². The van der Waals surface area contributed by atoms with Crippen LogP contribution in [-0.4, -0.2) is 9.97 Å². The van der Waals surface area contributed by atoms with Crippen molar-refractivity contribution >= 4 is 43.4 Å². The van der Waals surface area contributed by atoms with E-state index in [9.17, 15) is 0 Å². The van der Waals surface area contributed by atoms with E-state index in [1.54, 1.807) is 29.4 Å². The minimum atomic E-state index is 0.932. The van der Waals surface area contributed by atoms with Gasteiger partial charge in [0.15, 0.2) is 0 Å². The molecule has 2 heterocycles. The number of rotatable bonds is 3. The van der Waals surface area contributed by atoms with E-state index in [2.05, 4.69) is 58.5 Å². The van der Waals surface area contributed by atoms with Crippen LogP contribution in [0.5, 0.6) is 0 Å². The van der Waals surface area contributed by atoms with Gasteiger partial charge in [0, 0.05) is 15.8 Å². The first-order chi connectivity index (χ1) is 10.4. The molecule has 0 aliphatic heterocycles. The Kier molecular flexibility index (Phi) is 3.33. The fraction of sp³-hybridized carbons (Fsp3) is 0.0588. The molecule has 0 N–H and O–H groups in total. The van der Waals surface area contributed by atoms with Crippen molar-refractivity contribution in [3.8, 4) is 0 Å². The lowest BCUT2D eigenvalue weighted by Gasteiger charge is -2.02. The van der Waals surface area contributed by atoms with Gasteiger partial charge >= 0.3 is 0 Å². The van der Waals surface area contributed by atoms with Crippen LogP contribution in [-0.2, 0) is 5.75 Å². The van der Waals surface area contributed by atoms with Gasteiger partial charge in [0.1, 0.15) is 11.4 Å². The topological polar surface area (TPSA) is 25.8 Å². The number of hydrogen-bond donors (Lipinski definition) is 0. The number of benzene rings is 2. The number of nitrogens with zero attached hydrogens (tertiary/aromatic N) is 2. The van der Waals surface area contributed by atoms with Gasteiger partial charge in [0.05, 0.1) is 10.2 Å². The summed E-state index contributed by atoms with van der Waals surface area (Å²) in [7, 11) is 0. The highest BCUT2D eigenvalue weighted by atomic mass is 32.2. The maximum atomic E-state index is 4.48. The van der Waals surface area contributed by atoms with E-state index in [1.807, 2.05) is 6.07 Å². The Hall–Kier alpha value is -1.91. The van der Waals surface area contributed by atoms with Crippen LogP contribution in [0.4, 0.5) is 0 Å². The Labute approximate surface area is 130 Å². The third-order valence-corrected chi connectivity index (χ3v) is 5.70. The van der Waals surface area contributed by atoms with Crippen molar-refractivity contribution in [2.24, 2.45) is 0 Å². The number of thiophene rings is 1. The average molecular weight is 308 g/mol. The van der Waals surface area contributed by atoms with E-state index in [0.717, 1.165) is 16.3 Å². The van der Waals surface area contributed by atoms with E-state index in [1.165, 1.54) is 20.3 Å². The van der Waals surface area contributed by atoms with E-state index >= 15 is 0 Å². The van der Waals surface area contributed by atoms with Gasteiger partial charge in [-0.3, -0.25) is 0 Å². The van der Waals surface area contributed by atoms with Crippen LogP contribution < -0.4 is 0 Å². The highest BCUT2D eigenvalue weighted by molar-refractivity contribution is 7.98. The molecule has 0 aliphatic carbocycles. The zero-order chi connectivity index (χ0) is 14.1. The molecule has 0 saturated carbocycles. The fourth-order valence-electron chi connectivity index (χ4n) is 2.33. The SMILES string of the molecule is c1ccc(CSc2ncnc3c2sc2ccccc23)cc1. The molecule has 4 rings (SSSR count). The normalized spacial score (nSPS) is 11.2. The van der Waals surface area contributed by atoms with Crippen LogP contribution >= 0.6 is 23.1 Å². The molecule has 2 aromatic heterocycles. The lowest BCUT2D eigenvalue weighted by Crippen LogP contribution is -1.85. The maximum Gasteiger partial charge on any atom is 0.118 e. The van der Waals surface area contributed by atoms with Crippen LogP contribution in [0.2, 0.25) is 0 Å². The van der Waals surface area contributed by atoms with E-state index in [-0.39, 0.29) is 0 Å². The third kappa shape index (κ3) is 2.41. The predicted molar refractivity (Wildman–Crippen MR) is 90.9 cm³/mol. The van der Waals surface area contributed by atoms with Crippen LogP contribution in [0, 0.1) is 0 Å². The summed E-state index contributed by atoms with van der Waals surface area (Å²) in [6, 6.07) is 18.9. The van der Waals surface area contributed by atoms with Crippen LogP contribution in [0.1, 0.15) is 5.56 Å².